The Balaban J connectivity index is 1.78. The van der Waals surface area contributed by atoms with Gasteiger partial charge in [-0.3, -0.25) is 9.10 Å². The number of carbonyl (C=O) groups excluding carboxylic acids is 1. The molecular weight excluding hydrogens is 520 g/mol. The molecule has 0 aliphatic heterocycles. The Labute approximate surface area is 229 Å². The summed E-state index contributed by atoms with van der Waals surface area (Å²) in [4.78, 5) is 16.1. The molecule has 0 fully saturated rings. The number of benzene rings is 3. The van der Waals surface area contributed by atoms with Crippen LogP contribution in [-0.4, -0.2) is 53.0 Å². The van der Waals surface area contributed by atoms with Crippen molar-refractivity contribution in [1.82, 2.24) is 5.43 Å². The molecule has 0 aromatic heterocycles. The van der Waals surface area contributed by atoms with Crippen molar-refractivity contribution in [2.45, 2.75) is 30.6 Å². The largest absolute Gasteiger partial charge is 0.494 e. The van der Waals surface area contributed by atoms with Crippen molar-refractivity contribution in [3.05, 3.63) is 78.4 Å². The lowest BCUT2D eigenvalue weighted by molar-refractivity contribution is -0.119. The third-order valence-corrected chi connectivity index (χ3v) is 8.33. The van der Waals surface area contributed by atoms with Gasteiger partial charge in [0.05, 0.1) is 23.4 Å². The molecule has 8 nitrogen and oxygen atoms in total. The van der Waals surface area contributed by atoms with E-state index in [4.69, 9.17) is 4.74 Å². The van der Waals surface area contributed by atoms with Crippen LogP contribution in [0.5, 0.6) is 5.75 Å². The van der Waals surface area contributed by atoms with Gasteiger partial charge in [-0.2, -0.15) is 5.10 Å². The Kier molecular flexibility index (Phi) is 10.6. The van der Waals surface area contributed by atoms with Gasteiger partial charge in [-0.25, -0.2) is 13.8 Å². The third kappa shape index (κ3) is 7.52. The summed E-state index contributed by atoms with van der Waals surface area (Å²) in [6.07, 6.45) is 3.45. The Morgan fingerprint density at radius 2 is 1.53 bits per heavy atom. The molecule has 0 saturated heterocycles. The van der Waals surface area contributed by atoms with Gasteiger partial charge >= 0.3 is 0 Å². The molecule has 1 amide bonds. The van der Waals surface area contributed by atoms with E-state index < -0.39 is 22.5 Å². The molecule has 38 heavy (non-hydrogen) atoms. The Hall–Kier alpha value is -3.50. The van der Waals surface area contributed by atoms with Crippen LogP contribution >= 0.6 is 11.8 Å². The molecule has 0 saturated carbocycles. The first-order valence-electron chi connectivity index (χ1n) is 12.4. The first kappa shape index (κ1) is 29.1. The average molecular weight is 555 g/mol. The lowest BCUT2D eigenvalue weighted by Gasteiger charge is -2.24. The fourth-order valence-electron chi connectivity index (χ4n) is 3.77. The standard InChI is InChI=1S/C28H34N4O4S2/c1-5-31(6-2)23-10-8-22(9-11-23)20-29-30-28(33)21-32(24-12-14-25(15-13-24)36-7-3)38(34,35)27-18-16-26(37-4)17-19-27/h8-20H,5-7,21H2,1-4H3,(H,30,33)/b29-20-. The van der Waals surface area contributed by atoms with E-state index in [0.717, 1.165) is 33.5 Å². The molecule has 0 radical (unpaired) electrons. The topological polar surface area (TPSA) is 91.3 Å². The van der Waals surface area contributed by atoms with Gasteiger partial charge in [-0.15, -0.1) is 11.8 Å². The molecule has 0 bridgehead atoms. The zero-order valence-electron chi connectivity index (χ0n) is 22.1. The average Bonchev–Trinajstić information content (AvgIpc) is 2.94. The molecule has 202 valence electrons. The number of nitrogens with zero attached hydrogens (tertiary/aromatic N) is 3. The van der Waals surface area contributed by atoms with Crippen molar-refractivity contribution in [1.29, 1.82) is 0 Å². The van der Waals surface area contributed by atoms with Gasteiger partial charge in [0.1, 0.15) is 12.3 Å². The highest BCUT2D eigenvalue weighted by Crippen LogP contribution is 2.27. The summed E-state index contributed by atoms with van der Waals surface area (Å²) < 4.78 is 33.7. The number of hydrazone groups is 1. The number of sulfonamides is 1. The fourth-order valence-corrected chi connectivity index (χ4v) is 5.60. The Morgan fingerprint density at radius 3 is 2.08 bits per heavy atom. The van der Waals surface area contributed by atoms with Crippen LogP contribution in [0.1, 0.15) is 26.3 Å². The fraction of sp³-hybridized carbons (Fsp3) is 0.286. The van der Waals surface area contributed by atoms with Gasteiger partial charge in [0, 0.05) is 23.7 Å². The Bertz CT molecular complexity index is 1310. The van der Waals surface area contributed by atoms with Crippen LogP contribution < -0.4 is 19.4 Å². The molecule has 1 N–H and O–H groups in total. The van der Waals surface area contributed by atoms with E-state index >= 15 is 0 Å². The number of ether oxygens (including phenoxy) is 1. The van der Waals surface area contributed by atoms with E-state index in [0.29, 0.717) is 18.0 Å². The van der Waals surface area contributed by atoms with Crippen LogP contribution in [0.2, 0.25) is 0 Å². The highest BCUT2D eigenvalue weighted by atomic mass is 32.2. The van der Waals surface area contributed by atoms with Crippen molar-refractivity contribution in [3.63, 3.8) is 0 Å². The smallest absolute Gasteiger partial charge is 0.264 e. The second-order valence-corrected chi connectivity index (χ2v) is 10.9. The molecule has 3 rings (SSSR count). The zero-order valence-corrected chi connectivity index (χ0v) is 23.8. The summed E-state index contributed by atoms with van der Waals surface area (Å²) in [6.45, 7) is 7.94. The first-order chi connectivity index (χ1) is 18.3. The number of thioether (sulfide) groups is 1. The second kappa shape index (κ2) is 13.9. The van der Waals surface area contributed by atoms with Gasteiger partial charge < -0.3 is 9.64 Å². The third-order valence-electron chi connectivity index (χ3n) is 5.79. The predicted molar refractivity (Wildman–Crippen MR) is 156 cm³/mol. The van der Waals surface area contributed by atoms with Crippen LogP contribution in [-0.2, 0) is 14.8 Å². The summed E-state index contributed by atoms with van der Waals surface area (Å²) in [6, 6.07) is 21.0. The molecular formula is C28H34N4O4S2. The number of anilines is 2. The van der Waals surface area contributed by atoms with Gasteiger partial charge in [0.25, 0.3) is 15.9 Å². The van der Waals surface area contributed by atoms with E-state index in [9.17, 15) is 13.2 Å². The van der Waals surface area contributed by atoms with Crippen LogP contribution in [0.4, 0.5) is 11.4 Å². The summed E-state index contributed by atoms with van der Waals surface area (Å²) in [7, 11) is -4.03. The maximum absolute atomic E-state index is 13.6. The molecule has 0 spiro atoms. The minimum atomic E-state index is -4.03. The lowest BCUT2D eigenvalue weighted by atomic mass is 10.2. The van der Waals surface area contributed by atoms with E-state index in [1.807, 2.05) is 37.4 Å². The summed E-state index contributed by atoms with van der Waals surface area (Å²) in [5.74, 6) is 0.0400. The van der Waals surface area contributed by atoms with Gasteiger partial charge in [0.2, 0.25) is 0 Å². The molecule has 0 aliphatic rings. The number of hydrogen-bond donors (Lipinski definition) is 1. The number of amides is 1. The summed E-state index contributed by atoms with van der Waals surface area (Å²) >= 11 is 1.52. The normalized spacial score (nSPS) is 11.4. The number of nitrogens with one attached hydrogen (secondary N) is 1. The minimum Gasteiger partial charge on any atom is -0.494 e. The highest BCUT2D eigenvalue weighted by molar-refractivity contribution is 7.98. The number of carbonyl (C=O) groups is 1. The predicted octanol–water partition coefficient (Wildman–Crippen LogP) is 5.00. The van der Waals surface area contributed by atoms with Gasteiger partial charge in [-0.1, -0.05) is 12.1 Å². The van der Waals surface area contributed by atoms with E-state index in [-0.39, 0.29) is 4.90 Å². The van der Waals surface area contributed by atoms with E-state index in [1.165, 1.54) is 18.0 Å². The lowest BCUT2D eigenvalue weighted by Crippen LogP contribution is -2.39. The van der Waals surface area contributed by atoms with Crippen molar-refractivity contribution in [3.8, 4) is 5.75 Å². The minimum absolute atomic E-state index is 0.0915. The van der Waals surface area contributed by atoms with Crippen molar-refractivity contribution < 1.29 is 17.9 Å². The monoisotopic (exact) mass is 554 g/mol. The number of rotatable bonds is 13. The van der Waals surface area contributed by atoms with E-state index in [1.54, 1.807) is 48.5 Å². The van der Waals surface area contributed by atoms with Crippen LogP contribution in [0, 0.1) is 0 Å². The van der Waals surface area contributed by atoms with Crippen LogP contribution in [0.15, 0.2) is 87.7 Å². The number of hydrogen-bond acceptors (Lipinski definition) is 7. The van der Waals surface area contributed by atoms with Crippen LogP contribution in [0.25, 0.3) is 0 Å². The first-order valence-corrected chi connectivity index (χ1v) is 15.0. The van der Waals surface area contributed by atoms with Crippen molar-refractivity contribution in [2.75, 3.05) is 41.7 Å². The van der Waals surface area contributed by atoms with Crippen LogP contribution in [0.3, 0.4) is 0 Å². The van der Waals surface area contributed by atoms with Gasteiger partial charge in [0.15, 0.2) is 0 Å². The zero-order chi connectivity index (χ0) is 27.5. The maximum Gasteiger partial charge on any atom is 0.264 e. The molecule has 0 aliphatic carbocycles. The highest BCUT2D eigenvalue weighted by Gasteiger charge is 2.27. The molecule has 0 atom stereocenters. The SMILES string of the molecule is CCOc1ccc(N(CC(=O)N/N=C\c2ccc(N(CC)CC)cc2)S(=O)(=O)c2ccc(SC)cc2)cc1. The quantitative estimate of drug-likeness (QED) is 0.182. The van der Waals surface area contributed by atoms with Crippen molar-refractivity contribution in [2.24, 2.45) is 5.10 Å². The summed E-state index contributed by atoms with van der Waals surface area (Å²) in [5.41, 5.74) is 4.71. The summed E-state index contributed by atoms with van der Waals surface area (Å²) in [5, 5.41) is 4.04. The van der Waals surface area contributed by atoms with Gasteiger partial charge in [-0.05, 0) is 93.3 Å². The Morgan fingerprint density at radius 1 is 0.921 bits per heavy atom. The molecule has 0 unspecified atom stereocenters. The molecule has 10 heteroatoms. The van der Waals surface area contributed by atoms with E-state index in [2.05, 4.69) is 29.3 Å². The molecule has 0 heterocycles. The molecule has 3 aromatic carbocycles. The second-order valence-electron chi connectivity index (χ2n) is 8.17. The maximum atomic E-state index is 13.6. The molecule has 3 aromatic rings. The van der Waals surface area contributed by atoms with Crippen molar-refractivity contribution >= 4 is 45.3 Å².